The lowest BCUT2D eigenvalue weighted by Gasteiger charge is -2.26. The molecule has 2 heterocycles. The summed E-state index contributed by atoms with van der Waals surface area (Å²) >= 11 is 1.17. The van der Waals surface area contributed by atoms with Gasteiger partial charge in [0.2, 0.25) is 15.2 Å². The van der Waals surface area contributed by atoms with Crippen molar-refractivity contribution in [2.45, 2.75) is 24.2 Å². The summed E-state index contributed by atoms with van der Waals surface area (Å²) in [5, 5.41) is 10.3. The Labute approximate surface area is 138 Å². The molecule has 0 aliphatic carbocycles. The highest BCUT2D eigenvalue weighted by atomic mass is 32.2. The Morgan fingerprint density at radius 3 is 2.61 bits per heavy atom. The Bertz CT molecular complexity index is 784. The zero-order chi connectivity index (χ0) is 16.3. The van der Waals surface area contributed by atoms with E-state index in [2.05, 4.69) is 15.5 Å². The number of hydrogen-bond acceptors (Lipinski definition) is 6. The second-order valence-electron chi connectivity index (χ2n) is 5.16. The number of aromatic nitrogens is 2. The van der Waals surface area contributed by atoms with Crippen molar-refractivity contribution in [3.05, 3.63) is 35.3 Å². The molecule has 1 aromatic heterocycles. The van der Waals surface area contributed by atoms with Crippen LogP contribution in [0.15, 0.2) is 34.7 Å². The minimum absolute atomic E-state index is 0.0314. The summed E-state index contributed by atoms with van der Waals surface area (Å²) in [6, 6.07) is 6.24. The third-order valence-corrected chi connectivity index (χ3v) is 6.21. The molecule has 1 fully saturated rings. The Balaban J connectivity index is 1.92. The molecule has 0 atom stereocenters. The average Bonchev–Trinajstić information content (AvgIpc) is 3.08. The number of carbonyl (C=O) groups excluding carboxylic acids is 1. The predicted octanol–water partition coefficient (Wildman–Crippen LogP) is 1.97. The quantitative estimate of drug-likeness (QED) is 0.908. The Hall–Kier alpha value is -1.84. The van der Waals surface area contributed by atoms with Crippen molar-refractivity contribution in [3.63, 3.8) is 0 Å². The number of benzene rings is 1. The fourth-order valence-electron chi connectivity index (χ4n) is 2.52. The summed E-state index contributed by atoms with van der Waals surface area (Å²) in [5.74, 6) is -0.502. The first-order valence-electron chi connectivity index (χ1n) is 7.26. The maximum absolute atomic E-state index is 12.8. The number of carbonyl (C=O) groups is 1. The fraction of sp³-hybridized carbons (Fsp3) is 0.357. The van der Waals surface area contributed by atoms with Gasteiger partial charge < -0.3 is 0 Å². The van der Waals surface area contributed by atoms with Gasteiger partial charge in [-0.15, -0.1) is 10.2 Å². The van der Waals surface area contributed by atoms with Gasteiger partial charge in [-0.05, 0) is 25.0 Å². The van der Waals surface area contributed by atoms with Gasteiger partial charge in [-0.1, -0.05) is 29.9 Å². The standard InChI is InChI=1S/C14H16N4O3S2/c19-13(16-14-17-15-10-22-14)11-6-2-3-7-12(11)23(20,21)18-8-4-1-5-9-18/h2-3,6-7,10H,1,4-5,8-9H2,(H,16,17,19). The van der Waals surface area contributed by atoms with Crippen molar-refractivity contribution in [1.82, 2.24) is 14.5 Å². The molecule has 2 aromatic rings. The summed E-state index contributed by atoms with van der Waals surface area (Å²) in [7, 11) is -3.68. The zero-order valence-corrected chi connectivity index (χ0v) is 13.9. The molecule has 0 saturated carbocycles. The number of rotatable bonds is 4. The summed E-state index contributed by atoms with van der Waals surface area (Å²) < 4.78 is 27.1. The number of amides is 1. The fourth-order valence-corrected chi connectivity index (χ4v) is 4.66. The Kier molecular flexibility index (Phi) is 4.69. The highest BCUT2D eigenvalue weighted by molar-refractivity contribution is 7.89. The Morgan fingerprint density at radius 1 is 1.17 bits per heavy atom. The first-order chi connectivity index (χ1) is 11.1. The van der Waals surface area contributed by atoms with E-state index < -0.39 is 15.9 Å². The van der Waals surface area contributed by atoms with Gasteiger partial charge in [0.15, 0.2) is 0 Å². The van der Waals surface area contributed by atoms with E-state index in [0.717, 1.165) is 19.3 Å². The van der Waals surface area contributed by atoms with Gasteiger partial charge >= 0.3 is 0 Å². The van der Waals surface area contributed by atoms with E-state index in [1.165, 1.54) is 33.3 Å². The predicted molar refractivity (Wildman–Crippen MR) is 86.9 cm³/mol. The molecule has 0 unspecified atom stereocenters. The summed E-state index contributed by atoms with van der Waals surface area (Å²) in [5.41, 5.74) is 1.61. The average molecular weight is 352 g/mol. The monoisotopic (exact) mass is 352 g/mol. The highest BCUT2D eigenvalue weighted by Crippen LogP contribution is 2.24. The number of anilines is 1. The molecule has 1 aliphatic rings. The lowest BCUT2D eigenvalue weighted by Crippen LogP contribution is -2.36. The minimum atomic E-state index is -3.68. The SMILES string of the molecule is O=C(Nc1nncs1)c1ccccc1S(=O)(=O)N1CCCCC1. The third kappa shape index (κ3) is 3.41. The molecular formula is C14H16N4O3S2. The molecule has 0 bridgehead atoms. The molecule has 1 N–H and O–H groups in total. The molecule has 9 heteroatoms. The van der Waals surface area contributed by atoms with Crippen molar-refractivity contribution in [3.8, 4) is 0 Å². The van der Waals surface area contributed by atoms with Crippen molar-refractivity contribution in [2.75, 3.05) is 18.4 Å². The van der Waals surface area contributed by atoms with Crippen LogP contribution in [-0.2, 0) is 10.0 Å². The number of hydrogen-bond donors (Lipinski definition) is 1. The number of nitrogens with zero attached hydrogens (tertiary/aromatic N) is 3. The van der Waals surface area contributed by atoms with Gasteiger partial charge in [-0.25, -0.2) is 8.42 Å². The van der Waals surface area contributed by atoms with E-state index in [0.29, 0.717) is 18.2 Å². The third-order valence-electron chi connectivity index (χ3n) is 3.65. The topological polar surface area (TPSA) is 92.3 Å². The van der Waals surface area contributed by atoms with Crippen LogP contribution in [0.5, 0.6) is 0 Å². The van der Waals surface area contributed by atoms with Crippen LogP contribution in [0.4, 0.5) is 5.13 Å². The van der Waals surface area contributed by atoms with E-state index in [-0.39, 0.29) is 10.5 Å². The summed E-state index contributed by atoms with van der Waals surface area (Å²) in [6.45, 7) is 0.989. The van der Waals surface area contributed by atoms with E-state index in [1.807, 2.05) is 0 Å². The van der Waals surface area contributed by atoms with Crippen LogP contribution in [0, 0.1) is 0 Å². The molecule has 0 radical (unpaired) electrons. The largest absolute Gasteiger partial charge is 0.296 e. The normalized spacial score (nSPS) is 16.2. The lowest BCUT2D eigenvalue weighted by atomic mass is 10.2. The molecule has 1 saturated heterocycles. The molecule has 3 rings (SSSR count). The van der Waals surface area contributed by atoms with Crippen molar-refractivity contribution >= 4 is 32.4 Å². The summed E-state index contributed by atoms with van der Waals surface area (Å²) in [4.78, 5) is 12.4. The molecular weight excluding hydrogens is 336 g/mol. The van der Waals surface area contributed by atoms with Crippen LogP contribution in [0.1, 0.15) is 29.6 Å². The van der Waals surface area contributed by atoms with Crippen LogP contribution < -0.4 is 5.32 Å². The van der Waals surface area contributed by atoms with Crippen molar-refractivity contribution in [1.29, 1.82) is 0 Å². The first-order valence-corrected chi connectivity index (χ1v) is 9.58. The molecule has 0 spiro atoms. The van der Waals surface area contributed by atoms with E-state index in [4.69, 9.17) is 0 Å². The van der Waals surface area contributed by atoms with Gasteiger partial charge in [-0.3, -0.25) is 10.1 Å². The maximum Gasteiger partial charge on any atom is 0.258 e. The van der Waals surface area contributed by atoms with Gasteiger partial charge in [0, 0.05) is 13.1 Å². The van der Waals surface area contributed by atoms with Gasteiger partial charge in [0.25, 0.3) is 5.91 Å². The molecule has 1 aliphatic heterocycles. The minimum Gasteiger partial charge on any atom is -0.296 e. The van der Waals surface area contributed by atoms with Crippen LogP contribution >= 0.6 is 11.3 Å². The van der Waals surface area contributed by atoms with Crippen LogP contribution in [0.3, 0.4) is 0 Å². The lowest BCUT2D eigenvalue weighted by molar-refractivity contribution is 0.102. The van der Waals surface area contributed by atoms with Gasteiger partial charge in [-0.2, -0.15) is 4.31 Å². The second-order valence-corrected chi connectivity index (χ2v) is 7.90. The highest BCUT2D eigenvalue weighted by Gasteiger charge is 2.29. The van der Waals surface area contributed by atoms with Crippen LogP contribution in [-0.4, -0.2) is 41.9 Å². The number of piperidine rings is 1. The number of nitrogens with one attached hydrogen (secondary N) is 1. The van der Waals surface area contributed by atoms with E-state index in [1.54, 1.807) is 12.1 Å². The molecule has 1 aromatic carbocycles. The molecule has 7 nitrogen and oxygen atoms in total. The Morgan fingerprint density at radius 2 is 1.91 bits per heavy atom. The van der Waals surface area contributed by atoms with Gasteiger partial charge in [0.05, 0.1) is 10.5 Å². The maximum atomic E-state index is 12.8. The number of sulfonamides is 1. The zero-order valence-electron chi connectivity index (χ0n) is 12.3. The molecule has 23 heavy (non-hydrogen) atoms. The molecule has 1 amide bonds. The van der Waals surface area contributed by atoms with Crippen molar-refractivity contribution < 1.29 is 13.2 Å². The first kappa shape index (κ1) is 16.0. The molecule has 122 valence electrons. The van der Waals surface area contributed by atoms with Crippen LogP contribution in [0.2, 0.25) is 0 Å². The smallest absolute Gasteiger partial charge is 0.258 e. The van der Waals surface area contributed by atoms with Crippen molar-refractivity contribution in [2.24, 2.45) is 0 Å². The van der Waals surface area contributed by atoms with Crippen LogP contribution in [0.25, 0.3) is 0 Å². The second kappa shape index (κ2) is 6.73. The summed E-state index contributed by atoms with van der Waals surface area (Å²) in [6.07, 6.45) is 2.72. The van der Waals surface area contributed by atoms with E-state index >= 15 is 0 Å². The van der Waals surface area contributed by atoms with Gasteiger partial charge in [0.1, 0.15) is 5.51 Å². The van der Waals surface area contributed by atoms with E-state index in [9.17, 15) is 13.2 Å².